The molecule has 3 aromatic rings. The van der Waals surface area contributed by atoms with Gasteiger partial charge in [-0.1, -0.05) is 54.3 Å². The minimum Gasteiger partial charge on any atom is -0.428 e. The average molecular weight is 326 g/mol. The van der Waals surface area contributed by atoms with Crippen LogP contribution in [0.3, 0.4) is 0 Å². The van der Waals surface area contributed by atoms with Crippen LogP contribution in [0.2, 0.25) is 0 Å². The Kier molecular flexibility index (Phi) is 3.81. The topological polar surface area (TPSA) is 46.5 Å². The number of carbonyl (C=O) groups excluding carboxylic acids is 1. The van der Waals surface area contributed by atoms with E-state index in [1.807, 2.05) is 42.5 Å². The molecule has 0 saturated heterocycles. The van der Waals surface area contributed by atoms with Crippen LogP contribution in [0.4, 0.5) is 0 Å². The lowest BCUT2D eigenvalue weighted by atomic mass is 10.0. The highest BCUT2D eigenvalue weighted by molar-refractivity contribution is 5.96. The fraction of sp³-hybridized carbons (Fsp3) is 0.0455. The van der Waals surface area contributed by atoms with Crippen LogP contribution in [0.25, 0.3) is 16.3 Å². The van der Waals surface area contributed by atoms with Gasteiger partial charge in [0.25, 0.3) is 0 Å². The molecule has 1 N–H and O–H groups in total. The van der Waals surface area contributed by atoms with Crippen molar-refractivity contribution in [2.75, 3.05) is 0 Å². The summed E-state index contributed by atoms with van der Waals surface area (Å²) in [5, 5.41) is 12.0. The minimum atomic E-state index is -1.19. The molecular weight excluding hydrogens is 312 g/mol. The molecule has 3 heteroatoms. The summed E-state index contributed by atoms with van der Waals surface area (Å²) in [5.41, 5.74) is 3.03. The van der Waals surface area contributed by atoms with Crippen molar-refractivity contribution >= 4 is 22.3 Å². The standard InChI is InChI=1S/C22H14O3/c23-21-14-20(22(24)25-21)18-11-7-15(8-12-18)5-6-16-9-10-17-3-1-2-4-19(17)13-16/h1-4,7-14,22,24H. The Morgan fingerprint density at radius 2 is 1.52 bits per heavy atom. The fourth-order valence-corrected chi connectivity index (χ4v) is 2.79. The summed E-state index contributed by atoms with van der Waals surface area (Å²) in [6.07, 6.45) is 0.113. The Bertz CT molecular complexity index is 1050. The number of aliphatic hydroxyl groups is 1. The van der Waals surface area contributed by atoms with E-state index < -0.39 is 12.3 Å². The Labute approximate surface area is 145 Å². The van der Waals surface area contributed by atoms with Gasteiger partial charge in [0.1, 0.15) is 0 Å². The number of esters is 1. The van der Waals surface area contributed by atoms with Crippen molar-refractivity contribution in [3.05, 3.63) is 89.5 Å². The lowest BCUT2D eigenvalue weighted by molar-refractivity contribution is -0.149. The maximum Gasteiger partial charge on any atom is 0.333 e. The lowest BCUT2D eigenvalue weighted by Gasteiger charge is -2.07. The predicted molar refractivity (Wildman–Crippen MR) is 96.4 cm³/mol. The molecule has 1 atom stereocenters. The van der Waals surface area contributed by atoms with E-state index in [0.717, 1.165) is 22.1 Å². The van der Waals surface area contributed by atoms with Gasteiger partial charge in [0.05, 0.1) is 0 Å². The Morgan fingerprint density at radius 1 is 0.840 bits per heavy atom. The van der Waals surface area contributed by atoms with E-state index in [4.69, 9.17) is 4.74 Å². The van der Waals surface area contributed by atoms with Crippen LogP contribution in [-0.4, -0.2) is 17.4 Å². The van der Waals surface area contributed by atoms with Crippen molar-refractivity contribution < 1.29 is 14.6 Å². The molecule has 0 radical (unpaired) electrons. The molecule has 0 bridgehead atoms. The first-order valence-corrected chi connectivity index (χ1v) is 7.90. The van der Waals surface area contributed by atoms with Crippen molar-refractivity contribution in [3.8, 4) is 11.8 Å². The summed E-state index contributed by atoms with van der Waals surface area (Å²) in [7, 11) is 0. The zero-order chi connectivity index (χ0) is 17.2. The number of cyclic esters (lactones) is 1. The molecule has 120 valence electrons. The molecule has 0 aliphatic carbocycles. The third kappa shape index (κ3) is 3.16. The molecule has 4 rings (SSSR count). The van der Waals surface area contributed by atoms with E-state index in [9.17, 15) is 9.90 Å². The number of carbonyl (C=O) groups is 1. The molecule has 25 heavy (non-hydrogen) atoms. The number of rotatable bonds is 1. The molecule has 0 saturated carbocycles. The summed E-state index contributed by atoms with van der Waals surface area (Å²) in [4.78, 5) is 11.2. The monoisotopic (exact) mass is 326 g/mol. The quantitative estimate of drug-likeness (QED) is 0.550. The summed E-state index contributed by atoms with van der Waals surface area (Å²) < 4.78 is 4.69. The highest BCUT2D eigenvalue weighted by Crippen LogP contribution is 2.24. The van der Waals surface area contributed by atoms with Gasteiger partial charge in [0.15, 0.2) is 0 Å². The van der Waals surface area contributed by atoms with E-state index in [0.29, 0.717) is 5.57 Å². The van der Waals surface area contributed by atoms with Gasteiger partial charge in [-0.25, -0.2) is 4.79 Å². The minimum absolute atomic E-state index is 0.471. The molecule has 3 nitrogen and oxygen atoms in total. The first-order valence-electron chi connectivity index (χ1n) is 7.90. The largest absolute Gasteiger partial charge is 0.428 e. The molecule has 1 unspecified atom stereocenters. The summed E-state index contributed by atoms with van der Waals surface area (Å²) >= 11 is 0. The van der Waals surface area contributed by atoms with Gasteiger partial charge >= 0.3 is 5.97 Å². The van der Waals surface area contributed by atoms with E-state index in [1.54, 1.807) is 0 Å². The van der Waals surface area contributed by atoms with Crippen LogP contribution in [0, 0.1) is 11.8 Å². The van der Waals surface area contributed by atoms with Crippen LogP contribution in [0.5, 0.6) is 0 Å². The molecule has 0 spiro atoms. The smallest absolute Gasteiger partial charge is 0.333 e. The van der Waals surface area contributed by atoms with Crippen LogP contribution >= 0.6 is 0 Å². The molecule has 1 aliphatic rings. The molecule has 0 aromatic heterocycles. The van der Waals surface area contributed by atoms with Gasteiger partial charge in [-0.15, -0.1) is 0 Å². The highest BCUT2D eigenvalue weighted by Gasteiger charge is 2.24. The van der Waals surface area contributed by atoms with Crippen LogP contribution < -0.4 is 0 Å². The van der Waals surface area contributed by atoms with Gasteiger partial charge in [0, 0.05) is 22.8 Å². The van der Waals surface area contributed by atoms with Crippen LogP contribution in [0.15, 0.2) is 72.8 Å². The van der Waals surface area contributed by atoms with Gasteiger partial charge < -0.3 is 9.84 Å². The summed E-state index contributed by atoms with van der Waals surface area (Å²) in [6, 6.07) is 21.7. The second-order valence-electron chi connectivity index (χ2n) is 5.78. The van der Waals surface area contributed by atoms with Crippen molar-refractivity contribution in [1.29, 1.82) is 0 Å². The molecule has 0 amide bonds. The number of aliphatic hydroxyl groups excluding tert-OH is 1. The van der Waals surface area contributed by atoms with E-state index in [-0.39, 0.29) is 0 Å². The number of fused-ring (bicyclic) bond motifs is 1. The first-order chi connectivity index (χ1) is 12.2. The third-order valence-corrected chi connectivity index (χ3v) is 4.09. The average Bonchev–Trinajstić information content (AvgIpc) is 2.98. The van der Waals surface area contributed by atoms with Crippen molar-refractivity contribution in [1.82, 2.24) is 0 Å². The molecule has 3 aromatic carbocycles. The maximum absolute atomic E-state index is 11.2. The number of ether oxygens (including phenoxy) is 1. The fourth-order valence-electron chi connectivity index (χ4n) is 2.79. The maximum atomic E-state index is 11.2. The van der Waals surface area contributed by atoms with E-state index in [2.05, 4.69) is 36.1 Å². The Balaban J connectivity index is 1.58. The first kappa shape index (κ1) is 15.2. The third-order valence-electron chi connectivity index (χ3n) is 4.09. The zero-order valence-electron chi connectivity index (χ0n) is 13.3. The number of hydrogen-bond acceptors (Lipinski definition) is 3. The van der Waals surface area contributed by atoms with E-state index in [1.165, 1.54) is 11.5 Å². The van der Waals surface area contributed by atoms with Crippen molar-refractivity contribution in [3.63, 3.8) is 0 Å². The van der Waals surface area contributed by atoms with Crippen molar-refractivity contribution in [2.24, 2.45) is 0 Å². The Morgan fingerprint density at radius 3 is 2.24 bits per heavy atom. The van der Waals surface area contributed by atoms with Crippen LogP contribution in [-0.2, 0) is 9.53 Å². The number of benzene rings is 3. The molecule has 1 heterocycles. The molecular formula is C22H14O3. The second kappa shape index (κ2) is 6.27. The molecule has 1 aliphatic heterocycles. The van der Waals surface area contributed by atoms with Crippen LogP contribution in [0.1, 0.15) is 16.7 Å². The van der Waals surface area contributed by atoms with Gasteiger partial charge in [-0.05, 0) is 40.6 Å². The number of hydrogen-bond donors (Lipinski definition) is 1. The predicted octanol–water partition coefficient (Wildman–Crippen LogP) is 3.50. The Hall–Kier alpha value is -3.35. The lowest BCUT2D eigenvalue weighted by Crippen LogP contribution is -2.09. The van der Waals surface area contributed by atoms with Gasteiger partial charge in [0.2, 0.25) is 6.29 Å². The van der Waals surface area contributed by atoms with Gasteiger partial charge in [-0.3, -0.25) is 0 Å². The summed E-state index contributed by atoms with van der Waals surface area (Å²) in [5.74, 6) is 5.77. The van der Waals surface area contributed by atoms with Crippen molar-refractivity contribution in [2.45, 2.75) is 6.29 Å². The second-order valence-corrected chi connectivity index (χ2v) is 5.78. The van der Waals surface area contributed by atoms with E-state index >= 15 is 0 Å². The van der Waals surface area contributed by atoms with Gasteiger partial charge in [-0.2, -0.15) is 0 Å². The molecule has 0 fully saturated rings. The highest BCUT2D eigenvalue weighted by atomic mass is 16.6. The SMILES string of the molecule is O=C1C=C(c2ccc(C#Cc3ccc4ccccc4c3)cc2)C(O)O1. The zero-order valence-corrected chi connectivity index (χ0v) is 13.3. The summed E-state index contributed by atoms with van der Waals surface area (Å²) in [6.45, 7) is 0. The normalized spacial score (nSPS) is 16.1.